The molecule has 1 N–H and O–H groups in total. The van der Waals surface area contributed by atoms with E-state index in [9.17, 15) is 23.1 Å². The molecule has 2 saturated carbocycles. The predicted molar refractivity (Wildman–Crippen MR) is 114 cm³/mol. The zero-order valence-electron chi connectivity index (χ0n) is 18.3. The normalized spacial score (nSPS) is 29.2. The summed E-state index contributed by atoms with van der Waals surface area (Å²) in [6, 6.07) is 6.11. The molecule has 5 nitrogen and oxygen atoms in total. The summed E-state index contributed by atoms with van der Waals surface area (Å²) < 4.78 is 48.1. The molecule has 3 fully saturated rings. The van der Waals surface area contributed by atoms with Crippen LogP contribution in [-0.4, -0.2) is 49.2 Å². The van der Waals surface area contributed by atoms with E-state index in [4.69, 9.17) is 9.47 Å². The second kappa shape index (κ2) is 9.59. The van der Waals surface area contributed by atoms with Gasteiger partial charge in [0.05, 0.1) is 24.2 Å². The molecule has 1 unspecified atom stereocenters. The Kier molecular flexibility index (Phi) is 7.00. The highest BCUT2D eigenvalue weighted by Gasteiger charge is 2.53. The smallest absolute Gasteiger partial charge is 0.422 e. The standard InChI is InChI=1S/C24H32F3NO4/c25-24(26,27)16-32-21-7-5-18(6-8-21)28-19(15-31-14-17-3-1-2-4-17)13-23(22(28)30)11-9-20(29)10-12-23/h5-8,17,19-20,29H,1-4,9-16H2. The van der Waals surface area contributed by atoms with Gasteiger partial charge in [-0.15, -0.1) is 0 Å². The lowest BCUT2D eigenvalue weighted by Gasteiger charge is -2.33. The molecule has 1 aromatic rings. The molecule has 1 aliphatic heterocycles. The maximum Gasteiger partial charge on any atom is 0.422 e. The van der Waals surface area contributed by atoms with Crippen molar-refractivity contribution in [3.05, 3.63) is 24.3 Å². The summed E-state index contributed by atoms with van der Waals surface area (Å²) in [4.78, 5) is 15.3. The summed E-state index contributed by atoms with van der Waals surface area (Å²) in [6.45, 7) is -0.203. The zero-order chi connectivity index (χ0) is 22.8. The Morgan fingerprint density at radius 1 is 1.03 bits per heavy atom. The summed E-state index contributed by atoms with van der Waals surface area (Å²) in [5, 5.41) is 9.95. The molecule has 1 saturated heterocycles. The number of ether oxygens (including phenoxy) is 2. The van der Waals surface area contributed by atoms with Crippen molar-refractivity contribution in [3.63, 3.8) is 0 Å². The average Bonchev–Trinajstić information content (AvgIpc) is 3.36. The molecule has 178 valence electrons. The molecule has 1 atom stereocenters. The van der Waals surface area contributed by atoms with E-state index < -0.39 is 18.2 Å². The Morgan fingerprint density at radius 2 is 1.69 bits per heavy atom. The number of amides is 1. The van der Waals surface area contributed by atoms with Crippen LogP contribution in [0.3, 0.4) is 0 Å². The molecular weight excluding hydrogens is 423 g/mol. The molecule has 3 aliphatic rings. The van der Waals surface area contributed by atoms with Crippen molar-refractivity contribution in [1.82, 2.24) is 0 Å². The second-order valence-electron chi connectivity index (χ2n) is 9.63. The minimum Gasteiger partial charge on any atom is -0.484 e. The molecule has 1 amide bonds. The highest BCUT2D eigenvalue weighted by molar-refractivity contribution is 6.00. The van der Waals surface area contributed by atoms with Gasteiger partial charge in [0.15, 0.2) is 6.61 Å². The summed E-state index contributed by atoms with van der Waals surface area (Å²) in [5.74, 6) is 0.731. The molecule has 1 aromatic carbocycles. The van der Waals surface area contributed by atoms with Crippen LogP contribution in [-0.2, 0) is 9.53 Å². The zero-order valence-corrected chi connectivity index (χ0v) is 18.3. The van der Waals surface area contributed by atoms with Crippen molar-refractivity contribution in [2.45, 2.75) is 76.1 Å². The molecule has 4 rings (SSSR count). The first-order chi connectivity index (χ1) is 15.3. The van der Waals surface area contributed by atoms with Gasteiger partial charge in [-0.3, -0.25) is 4.79 Å². The van der Waals surface area contributed by atoms with Gasteiger partial charge in [-0.25, -0.2) is 0 Å². The van der Waals surface area contributed by atoms with Crippen LogP contribution in [0.4, 0.5) is 18.9 Å². The molecule has 0 radical (unpaired) electrons. The maximum atomic E-state index is 13.6. The molecule has 1 heterocycles. The van der Waals surface area contributed by atoms with Crippen LogP contribution in [0.25, 0.3) is 0 Å². The minimum absolute atomic E-state index is 0.0304. The van der Waals surface area contributed by atoms with E-state index in [1.54, 1.807) is 17.0 Å². The van der Waals surface area contributed by atoms with Crippen LogP contribution >= 0.6 is 0 Å². The van der Waals surface area contributed by atoms with Crippen molar-refractivity contribution >= 4 is 11.6 Å². The van der Waals surface area contributed by atoms with E-state index in [1.165, 1.54) is 37.8 Å². The summed E-state index contributed by atoms with van der Waals surface area (Å²) >= 11 is 0. The largest absolute Gasteiger partial charge is 0.484 e. The van der Waals surface area contributed by atoms with E-state index in [-0.39, 0.29) is 23.8 Å². The predicted octanol–water partition coefficient (Wildman–Crippen LogP) is 4.86. The molecule has 8 heteroatoms. The van der Waals surface area contributed by atoms with Crippen LogP contribution in [0.5, 0.6) is 5.75 Å². The van der Waals surface area contributed by atoms with Gasteiger partial charge < -0.3 is 19.5 Å². The summed E-state index contributed by atoms with van der Waals surface area (Å²) in [7, 11) is 0. The van der Waals surface area contributed by atoms with Crippen molar-refractivity contribution in [3.8, 4) is 5.75 Å². The fourth-order valence-corrected chi connectivity index (χ4v) is 5.50. The quantitative estimate of drug-likeness (QED) is 0.638. The monoisotopic (exact) mass is 455 g/mol. The van der Waals surface area contributed by atoms with Gasteiger partial charge in [-0.1, -0.05) is 12.8 Å². The van der Waals surface area contributed by atoms with E-state index in [0.29, 0.717) is 56.9 Å². The van der Waals surface area contributed by atoms with Gasteiger partial charge in [0.25, 0.3) is 0 Å². The highest BCUT2D eigenvalue weighted by Crippen LogP contribution is 2.49. The van der Waals surface area contributed by atoms with Crippen LogP contribution in [0.2, 0.25) is 0 Å². The highest BCUT2D eigenvalue weighted by atomic mass is 19.4. The number of benzene rings is 1. The van der Waals surface area contributed by atoms with Gasteiger partial charge in [-0.05, 0) is 75.1 Å². The summed E-state index contributed by atoms with van der Waals surface area (Å²) in [6.07, 6.45) is 3.31. The third kappa shape index (κ3) is 5.39. The Bertz CT molecular complexity index is 768. The van der Waals surface area contributed by atoms with E-state index >= 15 is 0 Å². The minimum atomic E-state index is -4.40. The Labute approximate surface area is 186 Å². The number of rotatable bonds is 7. The van der Waals surface area contributed by atoms with E-state index in [2.05, 4.69) is 0 Å². The van der Waals surface area contributed by atoms with Crippen LogP contribution in [0.1, 0.15) is 57.8 Å². The SMILES string of the molecule is O=C1N(c2ccc(OCC(F)(F)F)cc2)C(COCC2CCCC2)CC12CCC(O)CC2. The van der Waals surface area contributed by atoms with Crippen molar-refractivity contribution in [2.75, 3.05) is 24.7 Å². The maximum absolute atomic E-state index is 13.6. The number of carbonyl (C=O) groups excluding carboxylic acids is 1. The second-order valence-corrected chi connectivity index (χ2v) is 9.63. The first-order valence-electron chi connectivity index (χ1n) is 11.6. The number of nitrogens with zero attached hydrogens (tertiary/aromatic N) is 1. The number of anilines is 1. The molecule has 2 aliphatic carbocycles. The van der Waals surface area contributed by atoms with Crippen LogP contribution in [0, 0.1) is 11.3 Å². The van der Waals surface area contributed by atoms with Gasteiger partial charge in [0.2, 0.25) is 5.91 Å². The molecule has 1 spiro atoms. The van der Waals surface area contributed by atoms with Crippen LogP contribution in [0.15, 0.2) is 24.3 Å². The number of alkyl halides is 3. The lowest BCUT2D eigenvalue weighted by Crippen LogP contribution is -2.40. The lowest BCUT2D eigenvalue weighted by atomic mass is 9.71. The van der Waals surface area contributed by atoms with E-state index in [0.717, 1.165) is 0 Å². The first kappa shape index (κ1) is 23.4. The van der Waals surface area contributed by atoms with Crippen molar-refractivity contribution in [1.29, 1.82) is 0 Å². The van der Waals surface area contributed by atoms with Crippen molar-refractivity contribution in [2.24, 2.45) is 11.3 Å². The molecular formula is C24H32F3NO4. The van der Waals surface area contributed by atoms with Gasteiger partial charge in [0, 0.05) is 12.3 Å². The van der Waals surface area contributed by atoms with Gasteiger partial charge in [0.1, 0.15) is 5.75 Å². The third-order valence-corrected chi connectivity index (χ3v) is 7.23. The van der Waals surface area contributed by atoms with Crippen LogP contribution < -0.4 is 9.64 Å². The Balaban J connectivity index is 1.47. The Hall–Kier alpha value is -1.80. The fraction of sp³-hybridized carbons (Fsp3) is 0.708. The topological polar surface area (TPSA) is 59.0 Å². The number of aliphatic hydroxyl groups excluding tert-OH is 1. The van der Waals surface area contributed by atoms with Gasteiger partial charge in [-0.2, -0.15) is 13.2 Å². The average molecular weight is 456 g/mol. The lowest BCUT2D eigenvalue weighted by molar-refractivity contribution is -0.153. The third-order valence-electron chi connectivity index (χ3n) is 7.23. The Morgan fingerprint density at radius 3 is 2.31 bits per heavy atom. The number of hydrogen-bond acceptors (Lipinski definition) is 4. The molecule has 32 heavy (non-hydrogen) atoms. The molecule has 0 bridgehead atoms. The number of hydrogen-bond donors (Lipinski definition) is 1. The number of halogens is 3. The van der Waals surface area contributed by atoms with Gasteiger partial charge >= 0.3 is 6.18 Å². The first-order valence-corrected chi connectivity index (χ1v) is 11.6. The summed E-state index contributed by atoms with van der Waals surface area (Å²) in [5.41, 5.74) is 0.151. The van der Waals surface area contributed by atoms with Crippen molar-refractivity contribution < 1.29 is 32.5 Å². The molecule has 0 aromatic heterocycles. The van der Waals surface area contributed by atoms with E-state index in [1.807, 2.05) is 0 Å². The number of carbonyl (C=O) groups is 1. The number of aliphatic hydroxyl groups is 1. The fourth-order valence-electron chi connectivity index (χ4n) is 5.50.